The van der Waals surface area contributed by atoms with Crippen LogP contribution in [0.4, 0.5) is 4.39 Å². The highest BCUT2D eigenvalue weighted by molar-refractivity contribution is 5.83. The van der Waals surface area contributed by atoms with Crippen LogP contribution in [0.5, 0.6) is 5.75 Å². The molecule has 1 N–H and O–H groups in total. The zero-order valence-corrected chi connectivity index (χ0v) is 10.6. The van der Waals surface area contributed by atoms with Gasteiger partial charge in [-0.1, -0.05) is 12.8 Å². The Balaban J connectivity index is 2.64. The third-order valence-corrected chi connectivity index (χ3v) is 3.83. The van der Waals surface area contributed by atoms with Crippen LogP contribution in [0.15, 0.2) is 12.1 Å². The number of aryl methyl sites for hydroxylation is 1. The molecule has 0 radical (unpaired) electrons. The number of rotatable bonds is 3. The number of hydrogen-bond donors (Lipinski definition) is 1. The number of benzene rings is 1. The quantitative estimate of drug-likeness (QED) is 0.899. The van der Waals surface area contributed by atoms with Gasteiger partial charge in [0.1, 0.15) is 11.6 Å². The minimum Gasteiger partial charge on any atom is -0.496 e. The third kappa shape index (κ3) is 1.85. The number of hydrogen-bond acceptors (Lipinski definition) is 2. The van der Waals surface area contributed by atoms with Crippen LogP contribution in [0.3, 0.4) is 0 Å². The maximum absolute atomic E-state index is 13.6. The molecule has 1 aliphatic carbocycles. The average Bonchev–Trinajstić information content (AvgIpc) is 2.78. The van der Waals surface area contributed by atoms with Gasteiger partial charge in [0.2, 0.25) is 0 Å². The molecule has 0 aliphatic heterocycles. The summed E-state index contributed by atoms with van der Waals surface area (Å²) in [5.74, 6) is -0.792. The van der Waals surface area contributed by atoms with E-state index in [0.717, 1.165) is 12.8 Å². The average molecular weight is 252 g/mol. The molecule has 4 heteroatoms. The minimum absolute atomic E-state index is 0.407. The van der Waals surface area contributed by atoms with Crippen molar-refractivity contribution in [3.63, 3.8) is 0 Å². The summed E-state index contributed by atoms with van der Waals surface area (Å²) in [6.45, 7) is 1.73. The number of carboxylic acid groups (broad SMARTS) is 1. The van der Waals surface area contributed by atoms with Crippen LogP contribution < -0.4 is 4.74 Å². The first-order valence-corrected chi connectivity index (χ1v) is 6.09. The molecule has 0 heterocycles. The van der Waals surface area contributed by atoms with Crippen molar-refractivity contribution in [1.82, 2.24) is 0 Å². The molecule has 0 aromatic heterocycles. The maximum atomic E-state index is 13.6. The maximum Gasteiger partial charge on any atom is 0.314 e. The largest absolute Gasteiger partial charge is 0.496 e. The summed E-state index contributed by atoms with van der Waals surface area (Å²) in [6.07, 6.45) is 2.79. The van der Waals surface area contributed by atoms with Crippen LogP contribution in [0.25, 0.3) is 0 Å². The summed E-state index contributed by atoms with van der Waals surface area (Å²) in [5, 5.41) is 9.54. The van der Waals surface area contributed by atoms with Gasteiger partial charge in [-0.3, -0.25) is 4.79 Å². The summed E-state index contributed by atoms with van der Waals surface area (Å²) in [6, 6.07) is 2.68. The Kier molecular flexibility index (Phi) is 3.28. The van der Waals surface area contributed by atoms with Crippen molar-refractivity contribution < 1.29 is 19.0 Å². The summed E-state index contributed by atoms with van der Waals surface area (Å²) < 4.78 is 18.9. The number of carbonyl (C=O) groups is 1. The van der Waals surface area contributed by atoms with E-state index in [0.29, 0.717) is 29.7 Å². The Hall–Kier alpha value is -1.58. The molecule has 98 valence electrons. The van der Waals surface area contributed by atoms with Gasteiger partial charge in [0.05, 0.1) is 12.5 Å². The molecular formula is C14H17FO3. The van der Waals surface area contributed by atoms with E-state index in [-0.39, 0.29) is 0 Å². The molecule has 18 heavy (non-hydrogen) atoms. The summed E-state index contributed by atoms with van der Waals surface area (Å²) in [7, 11) is 1.49. The first kappa shape index (κ1) is 12.9. The van der Waals surface area contributed by atoms with Crippen molar-refractivity contribution >= 4 is 5.97 Å². The van der Waals surface area contributed by atoms with E-state index in [2.05, 4.69) is 0 Å². The number of carboxylic acids is 1. The van der Waals surface area contributed by atoms with Crippen molar-refractivity contribution in [3.8, 4) is 5.75 Å². The number of halogens is 1. The van der Waals surface area contributed by atoms with Gasteiger partial charge in [0.25, 0.3) is 0 Å². The predicted octanol–water partition coefficient (Wildman–Crippen LogP) is 3.04. The molecule has 0 amide bonds. The fourth-order valence-corrected chi connectivity index (χ4v) is 2.93. The number of aliphatic carboxylic acids is 1. The van der Waals surface area contributed by atoms with Crippen LogP contribution >= 0.6 is 0 Å². The van der Waals surface area contributed by atoms with Crippen LogP contribution in [-0.4, -0.2) is 18.2 Å². The van der Waals surface area contributed by atoms with E-state index in [1.165, 1.54) is 19.2 Å². The van der Waals surface area contributed by atoms with Gasteiger partial charge in [-0.15, -0.1) is 0 Å². The molecule has 1 saturated carbocycles. The highest BCUT2D eigenvalue weighted by Crippen LogP contribution is 2.46. The summed E-state index contributed by atoms with van der Waals surface area (Å²) in [4.78, 5) is 11.6. The second-order valence-electron chi connectivity index (χ2n) is 4.90. The van der Waals surface area contributed by atoms with Crippen molar-refractivity contribution in [2.24, 2.45) is 0 Å². The molecule has 0 saturated heterocycles. The molecule has 1 fully saturated rings. The Morgan fingerprint density at radius 1 is 1.39 bits per heavy atom. The molecular weight excluding hydrogens is 235 g/mol. The Morgan fingerprint density at radius 2 is 2.00 bits per heavy atom. The molecule has 0 unspecified atom stereocenters. The second kappa shape index (κ2) is 4.59. The Labute approximate surface area is 106 Å². The molecule has 1 aromatic carbocycles. The van der Waals surface area contributed by atoms with Crippen LogP contribution in [-0.2, 0) is 10.2 Å². The predicted molar refractivity (Wildman–Crippen MR) is 65.5 cm³/mol. The van der Waals surface area contributed by atoms with Gasteiger partial charge in [-0.25, -0.2) is 4.39 Å². The normalized spacial score (nSPS) is 17.7. The minimum atomic E-state index is -0.988. The standard InChI is InChI=1S/C14H17FO3/c1-9-7-10(15)8-11(12(9)18-2)14(13(16)17)5-3-4-6-14/h7-8H,3-6H2,1-2H3,(H,16,17). The van der Waals surface area contributed by atoms with Gasteiger partial charge in [0.15, 0.2) is 0 Å². The molecule has 1 aliphatic rings. The van der Waals surface area contributed by atoms with Gasteiger partial charge in [-0.2, -0.15) is 0 Å². The Morgan fingerprint density at radius 3 is 2.50 bits per heavy atom. The zero-order valence-electron chi connectivity index (χ0n) is 10.6. The summed E-state index contributed by atoms with van der Waals surface area (Å²) >= 11 is 0. The first-order chi connectivity index (χ1) is 8.51. The first-order valence-electron chi connectivity index (χ1n) is 6.09. The van der Waals surface area contributed by atoms with Crippen LogP contribution in [0, 0.1) is 12.7 Å². The van der Waals surface area contributed by atoms with Crippen LogP contribution in [0.1, 0.15) is 36.8 Å². The lowest BCUT2D eigenvalue weighted by atomic mass is 9.77. The number of methoxy groups -OCH3 is 1. The van der Waals surface area contributed by atoms with E-state index >= 15 is 0 Å². The lowest BCUT2D eigenvalue weighted by Gasteiger charge is -2.27. The van der Waals surface area contributed by atoms with Crippen molar-refractivity contribution in [3.05, 3.63) is 29.1 Å². The highest BCUT2D eigenvalue weighted by atomic mass is 19.1. The van der Waals surface area contributed by atoms with Gasteiger partial charge >= 0.3 is 5.97 Å². The highest BCUT2D eigenvalue weighted by Gasteiger charge is 2.45. The Bertz CT molecular complexity index is 476. The lowest BCUT2D eigenvalue weighted by Crippen LogP contribution is -2.33. The lowest BCUT2D eigenvalue weighted by molar-refractivity contribution is -0.143. The van der Waals surface area contributed by atoms with Gasteiger partial charge in [-0.05, 0) is 37.5 Å². The van der Waals surface area contributed by atoms with Crippen LogP contribution in [0.2, 0.25) is 0 Å². The topological polar surface area (TPSA) is 46.5 Å². The van der Waals surface area contributed by atoms with E-state index in [1.54, 1.807) is 6.92 Å². The van der Waals surface area contributed by atoms with E-state index in [9.17, 15) is 14.3 Å². The fraction of sp³-hybridized carbons (Fsp3) is 0.500. The molecule has 0 bridgehead atoms. The second-order valence-corrected chi connectivity index (χ2v) is 4.90. The molecule has 0 spiro atoms. The zero-order chi connectivity index (χ0) is 13.3. The van der Waals surface area contributed by atoms with Gasteiger partial charge in [0, 0.05) is 5.56 Å². The van der Waals surface area contributed by atoms with E-state index < -0.39 is 17.2 Å². The summed E-state index contributed by atoms with van der Waals surface area (Å²) in [5.41, 5.74) is 0.130. The van der Waals surface area contributed by atoms with E-state index in [4.69, 9.17) is 4.74 Å². The fourth-order valence-electron chi connectivity index (χ4n) is 2.93. The SMILES string of the molecule is COc1c(C)cc(F)cc1C1(C(=O)O)CCCC1. The smallest absolute Gasteiger partial charge is 0.314 e. The monoisotopic (exact) mass is 252 g/mol. The molecule has 1 aromatic rings. The van der Waals surface area contributed by atoms with Gasteiger partial charge < -0.3 is 9.84 Å². The van der Waals surface area contributed by atoms with Crippen molar-refractivity contribution in [1.29, 1.82) is 0 Å². The number of ether oxygens (including phenoxy) is 1. The third-order valence-electron chi connectivity index (χ3n) is 3.83. The molecule has 3 nitrogen and oxygen atoms in total. The van der Waals surface area contributed by atoms with Crippen molar-refractivity contribution in [2.45, 2.75) is 38.0 Å². The van der Waals surface area contributed by atoms with Crippen molar-refractivity contribution in [2.75, 3.05) is 7.11 Å². The molecule has 2 rings (SSSR count). The van der Waals surface area contributed by atoms with E-state index in [1.807, 2.05) is 0 Å². The molecule has 0 atom stereocenters.